The summed E-state index contributed by atoms with van der Waals surface area (Å²) in [4.78, 5) is 14.6. The second kappa shape index (κ2) is 10.6. The minimum Gasteiger partial charge on any atom is -0.526 e. The predicted molar refractivity (Wildman–Crippen MR) is 194 cm³/mol. The summed E-state index contributed by atoms with van der Waals surface area (Å²) in [6.45, 7) is 20.0. The van der Waals surface area contributed by atoms with Gasteiger partial charge in [0.2, 0.25) is 0 Å². The Labute approximate surface area is 308 Å². The Morgan fingerprint density at radius 1 is 0.860 bits per heavy atom. The van der Waals surface area contributed by atoms with E-state index in [1.807, 2.05) is 18.3 Å². The number of aryl methyl sites for hydroxylation is 2. The van der Waals surface area contributed by atoms with Crippen molar-refractivity contribution in [1.29, 1.82) is 0 Å². The average Bonchev–Trinajstić information content (AvgIpc) is 3.59. The van der Waals surface area contributed by atoms with Crippen molar-refractivity contribution in [1.82, 2.24) is 14.5 Å². The van der Waals surface area contributed by atoms with Gasteiger partial charge in [-0.05, 0) is 78.3 Å². The fourth-order valence-electron chi connectivity index (χ4n) is 8.30. The second-order valence-corrected chi connectivity index (χ2v) is 16.1. The summed E-state index contributed by atoms with van der Waals surface area (Å²) >= 11 is 0. The summed E-state index contributed by atoms with van der Waals surface area (Å²) < 4.78 is 15.5. The van der Waals surface area contributed by atoms with Crippen LogP contribution in [0.5, 0.6) is 11.6 Å². The number of hydrogen-bond donors (Lipinski definition) is 0. The molecule has 3 aliphatic rings. The molecule has 3 aromatic heterocycles. The normalized spacial score (nSPS) is 21.3. The van der Waals surface area contributed by atoms with Crippen LogP contribution in [0, 0.1) is 26.0 Å². The summed E-state index contributed by atoms with van der Waals surface area (Å²) in [5, 5.41) is 2.35. The van der Waals surface area contributed by atoms with E-state index in [-0.39, 0.29) is 31.9 Å². The number of fused-ring (bicyclic) bond motifs is 8. The van der Waals surface area contributed by atoms with E-state index in [4.69, 9.17) is 19.5 Å². The summed E-state index contributed by atoms with van der Waals surface area (Å²) in [7, 11) is 0. The van der Waals surface area contributed by atoms with Crippen molar-refractivity contribution in [3.05, 3.63) is 124 Å². The fourth-order valence-corrected chi connectivity index (χ4v) is 8.30. The molecule has 6 nitrogen and oxygen atoms in total. The molecule has 9 rings (SSSR count). The molecule has 254 valence electrons. The molecule has 2 atom stereocenters. The van der Waals surface area contributed by atoms with E-state index in [2.05, 4.69) is 126 Å². The molecule has 5 heterocycles. The van der Waals surface area contributed by atoms with Crippen LogP contribution in [0.15, 0.2) is 72.0 Å². The Hall–Kier alpha value is -4.28. The zero-order valence-corrected chi connectivity index (χ0v) is 32.3. The Morgan fingerprint density at radius 3 is 2.44 bits per heavy atom. The zero-order valence-electron chi connectivity index (χ0n) is 30.0. The quantitative estimate of drug-likeness (QED) is 0.167. The van der Waals surface area contributed by atoms with Gasteiger partial charge in [0.25, 0.3) is 0 Å². The smallest absolute Gasteiger partial charge is 0.526 e. The standard InChI is InChI=1S/C43H40N4O2.Pt/c1-24-12-13-31-27(17-24)23-42(8)43(31,9)46-39(49-42)26-14-16-44-36(19-26)48-35-22-34-32(18-25(35)2)41(6,7)33-21-28(40(3,4)5)20-30-29-11-10-15-45-38(29)47(34)37(30)33;/h10-18,20-21H,23H2,1-9H3;/q-2;+2/t42-,43+;/m0./s1. The van der Waals surface area contributed by atoms with Crippen molar-refractivity contribution in [2.24, 2.45) is 4.99 Å². The van der Waals surface area contributed by atoms with E-state index in [0.717, 1.165) is 34.3 Å². The zero-order chi connectivity index (χ0) is 34.2. The van der Waals surface area contributed by atoms with E-state index in [9.17, 15) is 0 Å². The van der Waals surface area contributed by atoms with Gasteiger partial charge in [-0.1, -0.05) is 77.1 Å². The summed E-state index contributed by atoms with van der Waals surface area (Å²) in [5.41, 5.74) is 11.1. The molecule has 0 bridgehead atoms. The molecular formula is C43H40N4O2Pt. The summed E-state index contributed by atoms with van der Waals surface area (Å²) in [5.74, 6) is 1.51. The van der Waals surface area contributed by atoms with Crippen molar-refractivity contribution in [3.63, 3.8) is 0 Å². The topological polar surface area (TPSA) is 61.5 Å². The Kier molecular flexibility index (Phi) is 6.99. The van der Waals surface area contributed by atoms with E-state index in [0.29, 0.717) is 17.5 Å². The van der Waals surface area contributed by atoms with Gasteiger partial charge in [-0.3, -0.25) is 4.99 Å². The van der Waals surface area contributed by atoms with Crippen LogP contribution in [-0.4, -0.2) is 26.0 Å². The largest absolute Gasteiger partial charge is 2.00 e. The van der Waals surface area contributed by atoms with E-state index < -0.39 is 11.1 Å². The van der Waals surface area contributed by atoms with Crippen LogP contribution in [0.3, 0.4) is 0 Å². The maximum Gasteiger partial charge on any atom is 2.00 e. The average molecular weight is 840 g/mol. The van der Waals surface area contributed by atoms with Gasteiger partial charge in [-0.25, -0.2) is 9.97 Å². The third-order valence-corrected chi connectivity index (χ3v) is 11.4. The van der Waals surface area contributed by atoms with Gasteiger partial charge in [-0.15, -0.1) is 34.9 Å². The van der Waals surface area contributed by atoms with Crippen molar-refractivity contribution in [2.75, 3.05) is 0 Å². The van der Waals surface area contributed by atoms with Crippen LogP contribution < -0.4 is 4.74 Å². The molecule has 0 saturated carbocycles. The van der Waals surface area contributed by atoms with Crippen LogP contribution in [0.4, 0.5) is 0 Å². The van der Waals surface area contributed by atoms with Crippen LogP contribution in [-0.2, 0) is 48.6 Å². The first-order chi connectivity index (χ1) is 23.2. The molecule has 2 aliphatic heterocycles. The van der Waals surface area contributed by atoms with Crippen LogP contribution in [0.2, 0.25) is 0 Å². The SMILES string of the molecule is Cc1ccc2c(c1)C[C@]1(C)OC(c3[c-]c(Oc4[c-]c5c(cc4C)C(C)(C)c4cc(C(C)(C)C)cc6c7cccnc7n-5c46)ncc3)=N[C@]21C.[Pt+2]. The molecule has 50 heavy (non-hydrogen) atoms. The first-order valence-corrected chi connectivity index (χ1v) is 17.2. The molecule has 1 aliphatic carbocycles. The predicted octanol–water partition coefficient (Wildman–Crippen LogP) is 9.52. The van der Waals surface area contributed by atoms with Gasteiger partial charge in [0.05, 0.1) is 5.52 Å². The van der Waals surface area contributed by atoms with E-state index in [1.165, 1.54) is 44.3 Å². The number of aliphatic imine (C=N–C) groups is 1. The maximum absolute atomic E-state index is 6.65. The monoisotopic (exact) mass is 839 g/mol. The van der Waals surface area contributed by atoms with Crippen molar-refractivity contribution in [3.8, 4) is 17.3 Å². The van der Waals surface area contributed by atoms with E-state index in [1.54, 1.807) is 6.20 Å². The van der Waals surface area contributed by atoms with Gasteiger partial charge in [-0.2, -0.15) is 6.07 Å². The molecule has 7 heteroatoms. The molecule has 0 fully saturated rings. The molecular weight excluding hydrogens is 800 g/mol. The number of ether oxygens (including phenoxy) is 2. The van der Waals surface area contributed by atoms with Gasteiger partial charge >= 0.3 is 21.1 Å². The number of hydrogen-bond acceptors (Lipinski definition) is 5. The molecule has 0 radical (unpaired) electrons. The van der Waals surface area contributed by atoms with E-state index >= 15 is 0 Å². The maximum atomic E-state index is 6.65. The van der Waals surface area contributed by atoms with Gasteiger partial charge in [0, 0.05) is 29.1 Å². The van der Waals surface area contributed by atoms with Gasteiger partial charge in [0.1, 0.15) is 22.7 Å². The Balaban J connectivity index is 0.00000361. The molecule has 0 unspecified atom stereocenters. The first kappa shape index (κ1) is 32.9. The third kappa shape index (κ3) is 4.46. The third-order valence-electron chi connectivity index (χ3n) is 11.4. The summed E-state index contributed by atoms with van der Waals surface area (Å²) in [6, 6.07) is 26.7. The minimum atomic E-state index is -0.484. The first-order valence-electron chi connectivity index (χ1n) is 17.2. The fraction of sp³-hybridized carbons (Fsp3) is 0.326. The molecule has 0 N–H and O–H groups in total. The number of nitrogens with zero attached hydrogens (tertiary/aromatic N) is 4. The summed E-state index contributed by atoms with van der Waals surface area (Å²) in [6.07, 6.45) is 4.40. The molecule has 0 spiro atoms. The number of pyridine rings is 2. The Bertz CT molecular complexity index is 2450. The molecule has 6 aromatic rings. The Morgan fingerprint density at radius 2 is 1.66 bits per heavy atom. The molecule has 3 aromatic carbocycles. The minimum absolute atomic E-state index is 0. The van der Waals surface area contributed by atoms with Crippen LogP contribution >= 0.6 is 0 Å². The van der Waals surface area contributed by atoms with Gasteiger partial charge < -0.3 is 14.0 Å². The molecule has 0 amide bonds. The van der Waals surface area contributed by atoms with Gasteiger partial charge in [0.15, 0.2) is 5.88 Å². The number of aromatic nitrogens is 3. The van der Waals surface area contributed by atoms with Crippen molar-refractivity contribution >= 4 is 27.8 Å². The number of benzene rings is 3. The molecule has 0 saturated heterocycles. The second-order valence-electron chi connectivity index (χ2n) is 16.1. The van der Waals surface area contributed by atoms with Crippen LogP contribution in [0.25, 0.3) is 27.6 Å². The van der Waals surface area contributed by atoms with Crippen molar-refractivity contribution in [2.45, 2.75) is 90.7 Å². The van der Waals surface area contributed by atoms with Crippen LogP contribution in [0.1, 0.15) is 93.0 Å². The number of rotatable bonds is 3. The van der Waals surface area contributed by atoms with Crippen molar-refractivity contribution < 1.29 is 30.5 Å².